The standard InChI is InChI=1S/C45H58O6/c1-40(2)23-25-45(39(49)50-28-29-13-9-8-10-14-29)26-24-43(6)32(33(45)27-40)17-18-35-42(5)21-20-36(41(3,4)34(42)19-22-44(35,43)7)51-38(48)31-16-12-11-15-30(31)37(46)47/h8-17,33-36H,18-28H2,1-7H3,(H,46,47)/t33-,34-,35+,36-,42-,43+,44+,45-/m0/s1. The highest BCUT2D eigenvalue weighted by Gasteiger charge is 2.69. The Labute approximate surface area is 304 Å². The van der Waals surface area contributed by atoms with Crippen LogP contribution in [0.15, 0.2) is 66.2 Å². The first-order valence-corrected chi connectivity index (χ1v) is 19.4. The van der Waals surface area contributed by atoms with E-state index in [1.807, 2.05) is 30.3 Å². The molecule has 2 aromatic carbocycles. The number of ether oxygens (including phenoxy) is 2. The lowest BCUT2D eigenvalue weighted by Crippen LogP contribution is -2.65. The van der Waals surface area contributed by atoms with E-state index < -0.39 is 17.4 Å². The third kappa shape index (κ3) is 5.52. The Morgan fingerprint density at radius 2 is 1.43 bits per heavy atom. The first kappa shape index (κ1) is 36.0. The van der Waals surface area contributed by atoms with Crippen molar-refractivity contribution in [1.82, 2.24) is 0 Å². The highest BCUT2D eigenvalue weighted by atomic mass is 16.5. The summed E-state index contributed by atoms with van der Waals surface area (Å²) >= 11 is 0. The number of hydrogen-bond acceptors (Lipinski definition) is 5. The van der Waals surface area contributed by atoms with E-state index in [0.29, 0.717) is 18.4 Å². The van der Waals surface area contributed by atoms with Gasteiger partial charge in [0, 0.05) is 5.41 Å². The number of allylic oxidation sites excluding steroid dienone is 2. The summed E-state index contributed by atoms with van der Waals surface area (Å²) in [6.45, 7) is 17.2. The second-order valence-electron chi connectivity index (χ2n) is 19.0. The van der Waals surface area contributed by atoms with Gasteiger partial charge in [-0.3, -0.25) is 4.79 Å². The van der Waals surface area contributed by atoms with Gasteiger partial charge < -0.3 is 14.6 Å². The number of rotatable bonds is 6. The maximum atomic E-state index is 14.3. The number of esters is 2. The van der Waals surface area contributed by atoms with Gasteiger partial charge in [-0.2, -0.15) is 0 Å². The molecular formula is C45H58O6. The molecule has 0 aliphatic heterocycles. The van der Waals surface area contributed by atoms with Crippen molar-refractivity contribution in [3.05, 3.63) is 82.9 Å². The summed E-state index contributed by atoms with van der Waals surface area (Å²) in [5.41, 5.74) is 2.19. The van der Waals surface area contributed by atoms with Crippen molar-refractivity contribution >= 4 is 17.9 Å². The molecule has 0 unspecified atom stereocenters. The molecule has 4 saturated carbocycles. The summed E-state index contributed by atoms with van der Waals surface area (Å²) in [4.78, 5) is 39.7. The van der Waals surface area contributed by atoms with Crippen molar-refractivity contribution in [2.24, 2.45) is 50.2 Å². The van der Waals surface area contributed by atoms with Gasteiger partial charge in [0.25, 0.3) is 0 Å². The van der Waals surface area contributed by atoms with Gasteiger partial charge in [0.15, 0.2) is 0 Å². The van der Waals surface area contributed by atoms with Crippen LogP contribution in [0.3, 0.4) is 0 Å². The molecule has 0 spiro atoms. The number of carbonyl (C=O) groups is 3. The van der Waals surface area contributed by atoms with Crippen molar-refractivity contribution in [2.45, 2.75) is 125 Å². The molecule has 51 heavy (non-hydrogen) atoms. The summed E-state index contributed by atoms with van der Waals surface area (Å²) in [6, 6.07) is 16.4. The van der Waals surface area contributed by atoms with Crippen LogP contribution in [0.2, 0.25) is 0 Å². The molecule has 1 N–H and O–H groups in total. The van der Waals surface area contributed by atoms with Gasteiger partial charge in [-0.05, 0) is 121 Å². The zero-order valence-electron chi connectivity index (χ0n) is 31.8. The Kier molecular flexibility index (Phi) is 8.70. The van der Waals surface area contributed by atoms with Gasteiger partial charge in [0.2, 0.25) is 0 Å². The lowest BCUT2D eigenvalue weighted by molar-refractivity contribution is -0.206. The number of carboxylic acid groups (broad SMARTS) is 1. The largest absolute Gasteiger partial charge is 0.478 e. The second-order valence-corrected chi connectivity index (χ2v) is 19.0. The Morgan fingerprint density at radius 1 is 0.765 bits per heavy atom. The van der Waals surface area contributed by atoms with E-state index >= 15 is 0 Å². The summed E-state index contributed by atoms with van der Waals surface area (Å²) in [5.74, 6) is -0.659. The minimum Gasteiger partial charge on any atom is -0.478 e. The summed E-state index contributed by atoms with van der Waals surface area (Å²) in [6.07, 6.45) is 12.0. The zero-order valence-corrected chi connectivity index (χ0v) is 31.8. The summed E-state index contributed by atoms with van der Waals surface area (Å²) in [7, 11) is 0. The molecule has 2 aromatic rings. The monoisotopic (exact) mass is 694 g/mol. The summed E-state index contributed by atoms with van der Waals surface area (Å²) in [5, 5.41) is 9.71. The van der Waals surface area contributed by atoms with Crippen molar-refractivity contribution < 1.29 is 29.0 Å². The molecular weight excluding hydrogens is 636 g/mol. The number of carbonyl (C=O) groups excluding carboxylic acids is 2. The highest BCUT2D eigenvalue weighted by Crippen LogP contribution is 2.76. The van der Waals surface area contributed by atoms with E-state index in [1.165, 1.54) is 11.6 Å². The predicted molar refractivity (Wildman–Crippen MR) is 198 cm³/mol. The second kappa shape index (κ2) is 12.3. The van der Waals surface area contributed by atoms with Crippen LogP contribution in [0.5, 0.6) is 0 Å². The van der Waals surface area contributed by atoms with E-state index in [4.69, 9.17) is 9.47 Å². The fourth-order valence-electron chi connectivity index (χ4n) is 12.7. The van der Waals surface area contributed by atoms with Crippen LogP contribution < -0.4 is 0 Å². The third-order valence-corrected chi connectivity index (χ3v) is 15.8. The Morgan fingerprint density at radius 3 is 2.14 bits per heavy atom. The number of aromatic carboxylic acids is 1. The predicted octanol–water partition coefficient (Wildman–Crippen LogP) is 10.5. The van der Waals surface area contributed by atoms with Gasteiger partial charge in [-0.25, -0.2) is 9.59 Å². The third-order valence-electron chi connectivity index (χ3n) is 15.8. The van der Waals surface area contributed by atoms with Gasteiger partial charge >= 0.3 is 17.9 Å². The molecule has 8 atom stereocenters. The van der Waals surface area contributed by atoms with Gasteiger partial charge in [-0.1, -0.05) is 103 Å². The highest BCUT2D eigenvalue weighted by molar-refractivity contribution is 6.02. The van der Waals surface area contributed by atoms with Crippen molar-refractivity contribution in [2.75, 3.05) is 0 Å². The normalized spacial score (nSPS) is 37.7. The lowest BCUT2D eigenvalue weighted by Gasteiger charge is -2.71. The average molecular weight is 695 g/mol. The van der Waals surface area contributed by atoms with Crippen LogP contribution in [0, 0.1) is 50.2 Å². The van der Waals surface area contributed by atoms with Crippen LogP contribution in [0.4, 0.5) is 0 Å². The van der Waals surface area contributed by atoms with E-state index in [-0.39, 0.29) is 56.2 Å². The quantitative estimate of drug-likeness (QED) is 0.239. The SMILES string of the molecule is CC1(C)CC[C@]2(C(=O)OCc3ccccc3)CC[C@]3(C)C(=CC[C@@H]4[C@@]5(C)CC[C@H](OC(=O)c6ccccc6C(=O)O)C(C)(C)[C@@H]5CC[C@]43C)[C@@H]2C1. The molecule has 4 fully saturated rings. The molecule has 6 nitrogen and oxygen atoms in total. The van der Waals surface area contributed by atoms with Gasteiger partial charge in [0.1, 0.15) is 12.7 Å². The Balaban J connectivity index is 1.17. The van der Waals surface area contributed by atoms with Crippen LogP contribution in [-0.4, -0.2) is 29.1 Å². The number of hydrogen-bond donors (Lipinski definition) is 1. The average Bonchev–Trinajstić information content (AvgIpc) is 3.09. The van der Waals surface area contributed by atoms with Gasteiger partial charge in [0.05, 0.1) is 16.5 Å². The minimum atomic E-state index is -1.12. The Bertz CT molecular complexity index is 1740. The Hall–Kier alpha value is -3.41. The minimum absolute atomic E-state index is 0.00153. The molecule has 274 valence electrons. The molecule has 5 aliphatic rings. The van der Waals surface area contributed by atoms with Crippen molar-refractivity contribution in [3.8, 4) is 0 Å². The zero-order chi connectivity index (χ0) is 36.6. The van der Waals surface area contributed by atoms with Crippen LogP contribution in [-0.2, 0) is 20.9 Å². The molecule has 5 aliphatic carbocycles. The molecule has 6 heteroatoms. The van der Waals surface area contributed by atoms with Crippen LogP contribution in [0.25, 0.3) is 0 Å². The molecule has 0 saturated heterocycles. The van der Waals surface area contributed by atoms with Crippen LogP contribution >= 0.6 is 0 Å². The number of fused-ring (bicyclic) bond motifs is 7. The van der Waals surface area contributed by atoms with E-state index in [2.05, 4.69) is 54.5 Å². The van der Waals surface area contributed by atoms with E-state index in [0.717, 1.165) is 69.8 Å². The van der Waals surface area contributed by atoms with Crippen molar-refractivity contribution in [3.63, 3.8) is 0 Å². The maximum Gasteiger partial charge on any atom is 0.339 e. The molecule has 0 bridgehead atoms. The van der Waals surface area contributed by atoms with E-state index in [1.54, 1.807) is 18.2 Å². The molecule has 0 amide bonds. The lowest BCUT2D eigenvalue weighted by atomic mass is 9.33. The topological polar surface area (TPSA) is 89.9 Å². The van der Waals surface area contributed by atoms with Gasteiger partial charge in [-0.15, -0.1) is 0 Å². The fourth-order valence-corrected chi connectivity index (χ4v) is 12.7. The van der Waals surface area contributed by atoms with E-state index in [9.17, 15) is 19.5 Å². The smallest absolute Gasteiger partial charge is 0.339 e. The molecule has 0 heterocycles. The van der Waals surface area contributed by atoms with Crippen molar-refractivity contribution in [1.29, 1.82) is 0 Å². The summed E-state index contributed by atoms with van der Waals surface area (Å²) < 4.78 is 12.4. The maximum absolute atomic E-state index is 14.3. The molecule has 0 radical (unpaired) electrons. The first-order chi connectivity index (χ1) is 24.0. The van der Waals surface area contributed by atoms with Crippen LogP contribution in [0.1, 0.15) is 139 Å². The first-order valence-electron chi connectivity index (χ1n) is 19.4. The number of carboxylic acids is 1. The molecule has 7 rings (SSSR count). The molecule has 0 aromatic heterocycles. The number of benzene rings is 2. The fraction of sp³-hybridized carbons (Fsp3) is 0.622.